The lowest BCUT2D eigenvalue weighted by Crippen LogP contribution is -2.16. The summed E-state index contributed by atoms with van der Waals surface area (Å²) in [4.78, 5) is 0. The van der Waals surface area contributed by atoms with Gasteiger partial charge in [0.2, 0.25) is 0 Å². The van der Waals surface area contributed by atoms with Crippen molar-refractivity contribution in [3.05, 3.63) is 107 Å². The van der Waals surface area contributed by atoms with Crippen molar-refractivity contribution in [2.75, 3.05) is 13.2 Å². The Morgan fingerprint density at radius 2 is 0.857 bits per heavy atom. The lowest BCUT2D eigenvalue weighted by Gasteiger charge is -2.07. The molecule has 0 N–H and O–H groups in total. The van der Waals surface area contributed by atoms with Crippen molar-refractivity contribution >= 4 is 26.9 Å². The molecule has 0 aliphatic heterocycles. The second kappa shape index (κ2) is 13.9. The molecule has 0 saturated carbocycles. The Balaban J connectivity index is 1.39. The first-order valence-electron chi connectivity index (χ1n) is 14.1. The van der Waals surface area contributed by atoms with E-state index in [1.807, 2.05) is 84.9 Å². The molecule has 4 aromatic carbocycles. The number of hydrogen-bond donors (Lipinski definition) is 0. The molecule has 0 spiro atoms. The molecule has 0 unspecified atom stereocenters. The van der Waals surface area contributed by atoms with Crippen molar-refractivity contribution in [1.29, 1.82) is 0 Å². The van der Waals surface area contributed by atoms with Gasteiger partial charge >= 0.3 is 0 Å². The molecule has 0 bridgehead atoms. The van der Waals surface area contributed by atoms with Crippen molar-refractivity contribution < 1.29 is 9.47 Å². The Morgan fingerprint density at radius 1 is 0.476 bits per heavy atom. The highest BCUT2D eigenvalue weighted by atomic mass is 28.3. The largest absolute Gasteiger partial charge is 0.481 e. The monoisotopic (exact) mass is 580 g/mol. The number of hydrogen-bond acceptors (Lipinski definition) is 2. The summed E-state index contributed by atoms with van der Waals surface area (Å²) < 4.78 is 11.9. The Kier molecular flexibility index (Phi) is 10.0. The molecule has 0 heterocycles. The van der Waals surface area contributed by atoms with Gasteiger partial charge in [-0.05, 0) is 59.3 Å². The zero-order valence-electron chi connectivity index (χ0n) is 25.3. The van der Waals surface area contributed by atoms with Crippen LogP contribution in [0.2, 0.25) is 39.3 Å². The van der Waals surface area contributed by atoms with E-state index in [2.05, 4.69) is 85.9 Å². The minimum Gasteiger partial charge on any atom is -0.481 e. The molecule has 2 nitrogen and oxygen atoms in total. The van der Waals surface area contributed by atoms with Crippen molar-refractivity contribution in [3.8, 4) is 58.1 Å². The highest BCUT2D eigenvalue weighted by molar-refractivity contribution is 6.84. The Hall–Kier alpha value is -4.59. The van der Waals surface area contributed by atoms with Gasteiger partial charge < -0.3 is 9.47 Å². The van der Waals surface area contributed by atoms with Crippen LogP contribution in [0.25, 0.3) is 10.8 Å². The van der Waals surface area contributed by atoms with Crippen LogP contribution in [0.4, 0.5) is 0 Å². The number of ether oxygens (including phenoxy) is 2. The van der Waals surface area contributed by atoms with Crippen LogP contribution in [-0.4, -0.2) is 29.4 Å². The van der Waals surface area contributed by atoms with E-state index in [1.165, 1.54) is 0 Å². The predicted octanol–water partition coefficient (Wildman–Crippen LogP) is 8.16. The summed E-state index contributed by atoms with van der Waals surface area (Å²) >= 11 is 0. The Bertz CT molecular complexity index is 1690. The first-order chi connectivity index (χ1) is 20.1. The summed E-state index contributed by atoms with van der Waals surface area (Å²) in [7, 11) is -2.92. The highest BCUT2D eigenvalue weighted by Crippen LogP contribution is 2.25. The second-order valence-electron chi connectivity index (χ2n) is 11.9. The summed E-state index contributed by atoms with van der Waals surface area (Å²) in [5, 5.41) is 2.14. The van der Waals surface area contributed by atoms with Crippen LogP contribution < -0.4 is 9.47 Å². The number of benzene rings is 4. The number of fused-ring (bicyclic) bond motifs is 1. The molecular weight excluding hydrogens is 545 g/mol. The highest BCUT2D eigenvalue weighted by Gasteiger charge is 2.09. The van der Waals surface area contributed by atoms with Crippen LogP contribution in [0, 0.1) is 46.6 Å². The molecular formula is C38H36O2Si2. The summed E-state index contributed by atoms with van der Waals surface area (Å²) in [6.07, 6.45) is 0. The van der Waals surface area contributed by atoms with Gasteiger partial charge in [-0.2, -0.15) is 0 Å². The molecule has 0 aliphatic rings. The van der Waals surface area contributed by atoms with E-state index in [0.29, 0.717) is 0 Å². The lowest BCUT2D eigenvalue weighted by molar-refractivity contribution is 0.369. The molecule has 42 heavy (non-hydrogen) atoms. The molecule has 4 aromatic rings. The van der Waals surface area contributed by atoms with Gasteiger partial charge in [0, 0.05) is 22.3 Å². The molecule has 0 radical (unpaired) electrons. The van der Waals surface area contributed by atoms with E-state index in [4.69, 9.17) is 9.47 Å². The first kappa shape index (κ1) is 30.4. The Morgan fingerprint density at radius 3 is 1.24 bits per heavy atom. The van der Waals surface area contributed by atoms with Gasteiger partial charge in [-0.1, -0.05) is 111 Å². The fourth-order valence-electron chi connectivity index (χ4n) is 3.80. The van der Waals surface area contributed by atoms with Crippen molar-refractivity contribution in [2.24, 2.45) is 0 Å². The van der Waals surface area contributed by atoms with E-state index in [1.54, 1.807) is 0 Å². The van der Waals surface area contributed by atoms with Crippen molar-refractivity contribution in [2.45, 2.75) is 39.3 Å². The van der Waals surface area contributed by atoms with Gasteiger partial charge in [0.1, 0.15) is 40.9 Å². The summed E-state index contributed by atoms with van der Waals surface area (Å²) in [5.74, 6) is 20.9. The van der Waals surface area contributed by atoms with Crippen LogP contribution in [0.15, 0.2) is 84.9 Å². The van der Waals surface area contributed by atoms with Crippen LogP contribution in [0.1, 0.15) is 22.3 Å². The minimum absolute atomic E-state index is 0.289. The molecule has 4 rings (SSSR count). The smallest absolute Gasteiger partial charge is 0.149 e. The van der Waals surface area contributed by atoms with Gasteiger partial charge in [-0.3, -0.25) is 0 Å². The molecule has 0 atom stereocenters. The summed E-state index contributed by atoms with van der Waals surface area (Å²) in [5.41, 5.74) is 10.6. The molecule has 208 valence electrons. The maximum atomic E-state index is 5.95. The van der Waals surface area contributed by atoms with Gasteiger partial charge in [0.05, 0.1) is 0 Å². The summed E-state index contributed by atoms with van der Waals surface area (Å²) in [6, 6.07) is 28.1. The SMILES string of the molecule is C[Si](C)(C)C#Cc1ccccc1C#CCOc1ccc2ccc(OCC#Cc3ccccc3C#C[Si](C)(C)C)cc2c1. The topological polar surface area (TPSA) is 18.5 Å². The fourth-order valence-corrected chi connectivity index (χ4v) is 4.82. The van der Waals surface area contributed by atoms with E-state index < -0.39 is 16.1 Å². The van der Waals surface area contributed by atoms with Crippen LogP contribution in [0.3, 0.4) is 0 Å². The maximum absolute atomic E-state index is 5.95. The van der Waals surface area contributed by atoms with Crippen LogP contribution in [-0.2, 0) is 0 Å². The normalized spacial score (nSPS) is 10.5. The fraction of sp³-hybridized carbons (Fsp3) is 0.211. The maximum Gasteiger partial charge on any atom is 0.149 e. The average Bonchev–Trinajstić information content (AvgIpc) is 2.95. The molecule has 0 amide bonds. The standard InChI is InChI=1S/C38H36O2Si2/c1-41(2,3)27-23-33-15-9-7-13-31(33)17-11-25-39-37-21-19-35-20-22-38(30-36(35)29-37)40-26-12-18-32-14-8-10-16-34(32)24-28-42(4,5)6/h7-10,13-16,19-22,29-30H,25-26H2,1-6H3. The van der Waals surface area contributed by atoms with E-state index in [0.717, 1.165) is 44.5 Å². The van der Waals surface area contributed by atoms with Crippen LogP contribution >= 0.6 is 0 Å². The van der Waals surface area contributed by atoms with Gasteiger partial charge in [-0.25, -0.2) is 0 Å². The van der Waals surface area contributed by atoms with Crippen molar-refractivity contribution in [3.63, 3.8) is 0 Å². The molecule has 4 heteroatoms. The van der Waals surface area contributed by atoms with Gasteiger partial charge in [0.15, 0.2) is 0 Å². The number of rotatable bonds is 4. The first-order valence-corrected chi connectivity index (χ1v) is 21.1. The summed E-state index contributed by atoms with van der Waals surface area (Å²) in [6.45, 7) is 14.0. The zero-order valence-corrected chi connectivity index (χ0v) is 27.3. The van der Waals surface area contributed by atoms with E-state index in [-0.39, 0.29) is 13.2 Å². The van der Waals surface area contributed by atoms with Crippen LogP contribution in [0.5, 0.6) is 11.5 Å². The second-order valence-corrected chi connectivity index (χ2v) is 21.4. The zero-order chi connectivity index (χ0) is 30.0. The third kappa shape index (κ3) is 9.80. The molecule has 0 aromatic heterocycles. The quantitative estimate of drug-likeness (QED) is 0.179. The minimum atomic E-state index is -1.46. The Labute approximate surface area is 253 Å². The molecule has 0 aliphatic carbocycles. The van der Waals surface area contributed by atoms with Crippen molar-refractivity contribution in [1.82, 2.24) is 0 Å². The third-order valence-corrected chi connectivity index (χ3v) is 7.60. The predicted molar refractivity (Wildman–Crippen MR) is 182 cm³/mol. The third-order valence-electron chi connectivity index (χ3n) is 5.85. The lowest BCUT2D eigenvalue weighted by atomic mass is 10.1. The molecule has 0 saturated heterocycles. The molecule has 0 fully saturated rings. The van der Waals surface area contributed by atoms with Gasteiger partial charge in [-0.15, -0.1) is 11.1 Å². The average molecular weight is 581 g/mol. The van der Waals surface area contributed by atoms with E-state index >= 15 is 0 Å². The van der Waals surface area contributed by atoms with Gasteiger partial charge in [0.25, 0.3) is 0 Å². The van der Waals surface area contributed by atoms with E-state index in [9.17, 15) is 0 Å².